The third-order valence-corrected chi connectivity index (χ3v) is 6.03. The number of carbonyl (C=O) groups excluding carboxylic acids is 1. The molecule has 0 aliphatic carbocycles. The Morgan fingerprint density at radius 1 is 1.13 bits per heavy atom. The smallest absolute Gasteiger partial charge is 0.264 e. The number of carbonyl (C=O) groups is 1. The Kier molecular flexibility index (Phi) is 6.20. The minimum absolute atomic E-state index is 0.149. The number of benzene rings is 2. The first-order valence-electron chi connectivity index (χ1n) is 9.92. The molecule has 158 valence electrons. The summed E-state index contributed by atoms with van der Waals surface area (Å²) in [7, 11) is 0. The third-order valence-electron chi connectivity index (χ3n) is 4.87. The molecule has 0 saturated carbocycles. The number of halogens is 1. The number of aliphatic imine (C=N–C) groups is 1. The van der Waals surface area contributed by atoms with Crippen LogP contribution in [0.4, 0.5) is 5.69 Å². The normalized spacial score (nSPS) is 16.2. The summed E-state index contributed by atoms with van der Waals surface area (Å²) in [6, 6.07) is 17.3. The van der Waals surface area contributed by atoms with Gasteiger partial charge in [-0.3, -0.25) is 4.79 Å². The highest BCUT2D eigenvalue weighted by Crippen LogP contribution is 2.31. The Bertz CT molecular complexity index is 1180. The molecular formula is C24H22ClN3O2S. The van der Waals surface area contributed by atoms with Gasteiger partial charge in [0.15, 0.2) is 5.17 Å². The van der Waals surface area contributed by atoms with Gasteiger partial charge in [0.05, 0.1) is 17.2 Å². The zero-order chi connectivity index (χ0) is 22.0. The summed E-state index contributed by atoms with van der Waals surface area (Å²) in [6.07, 6.45) is 1.91. The largest absolute Gasteiger partial charge is 0.494 e. The van der Waals surface area contributed by atoms with Gasteiger partial charge in [0.2, 0.25) is 0 Å². The molecule has 3 aromatic rings. The lowest BCUT2D eigenvalue weighted by Gasteiger charge is -2.11. The summed E-state index contributed by atoms with van der Waals surface area (Å²) in [5.41, 5.74) is 4.94. The van der Waals surface area contributed by atoms with Crippen molar-refractivity contribution in [3.63, 3.8) is 0 Å². The Morgan fingerprint density at radius 2 is 1.84 bits per heavy atom. The highest BCUT2D eigenvalue weighted by atomic mass is 35.5. The monoisotopic (exact) mass is 451 g/mol. The number of aromatic nitrogens is 1. The van der Waals surface area contributed by atoms with E-state index < -0.39 is 0 Å². The van der Waals surface area contributed by atoms with Crippen molar-refractivity contribution in [3.8, 4) is 11.4 Å². The molecule has 1 aliphatic heterocycles. The first-order valence-corrected chi connectivity index (χ1v) is 11.1. The Morgan fingerprint density at radius 3 is 2.52 bits per heavy atom. The fraction of sp³-hybridized carbons (Fsp3) is 0.167. The van der Waals surface area contributed by atoms with Gasteiger partial charge in [0, 0.05) is 22.1 Å². The molecule has 4 rings (SSSR count). The fourth-order valence-electron chi connectivity index (χ4n) is 3.44. The quantitative estimate of drug-likeness (QED) is 0.481. The van der Waals surface area contributed by atoms with Crippen molar-refractivity contribution in [2.24, 2.45) is 4.99 Å². The summed E-state index contributed by atoms with van der Waals surface area (Å²) >= 11 is 7.25. The van der Waals surface area contributed by atoms with Crippen LogP contribution in [0.2, 0.25) is 5.02 Å². The molecule has 1 aliphatic rings. The van der Waals surface area contributed by atoms with Crippen LogP contribution in [-0.2, 0) is 4.79 Å². The molecule has 31 heavy (non-hydrogen) atoms. The van der Waals surface area contributed by atoms with Crippen LogP contribution in [0, 0.1) is 13.8 Å². The van der Waals surface area contributed by atoms with Gasteiger partial charge >= 0.3 is 0 Å². The van der Waals surface area contributed by atoms with Crippen LogP contribution >= 0.6 is 23.4 Å². The van der Waals surface area contributed by atoms with Gasteiger partial charge in [-0.15, -0.1) is 0 Å². The van der Waals surface area contributed by atoms with Gasteiger partial charge in [-0.1, -0.05) is 11.6 Å². The molecule has 1 amide bonds. The lowest BCUT2D eigenvalue weighted by molar-refractivity contribution is -0.115. The average Bonchev–Trinajstić information content (AvgIpc) is 3.23. The number of nitrogens with zero attached hydrogens (tertiary/aromatic N) is 2. The van der Waals surface area contributed by atoms with E-state index in [-0.39, 0.29) is 5.91 Å². The SMILES string of the molecule is CCOc1ccc(-n2c(C)cc(/C=C3\SC(=Nc4ccc(Cl)cc4)NC3=O)c2C)cc1. The highest BCUT2D eigenvalue weighted by molar-refractivity contribution is 8.18. The summed E-state index contributed by atoms with van der Waals surface area (Å²) < 4.78 is 7.71. The maximum atomic E-state index is 12.5. The molecule has 1 aromatic heterocycles. The maximum Gasteiger partial charge on any atom is 0.264 e. The molecule has 0 unspecified atom stereocenters. The van der Waals surface area contributed by atoms with Crippen molar-refractivity contribution in [1.82, 2.24) is 9.88 Å². The van der Waals surface area contributed by atoms with Gasteiger partial charge in [0.25, 0.3) is 5.91 Å². The summed E-state index contributed by atoms with van der Waals surface area (Å²) in [6.45, 7) is 6.72. The van der Waals surface area contributed by atoms with Crippen LogP contribution in [0.5, 0.6) is 5.75 Å². The number of nitrogens with one attached hydrogen (secondary N) is 1. The molecule has 0 atom stereocenters. The van der Waals surface area contributed by atoms with Gasteiger partial charge in [-0.2, -0.15) is 0 Å². The molecular weight excluding hydrogens is 430 g/mol. The Labute approximate surface area is 190 Å². The minimum atomic E-state index is -0.149. The summed E-state index contributed by atoms with van der Waals surface area (Å²) in [4.78, 5) is 17.6. The summed E-state index contributed by atoms with van der Waals surface area (Å²) in [5, 5.41) is 4.03. The molecule has 2 heterocycles. The second kappa shape index (κ2) is 9.04. The van der Waals surface area contributed by atoms with Crippen molar-refractivity contribution >= 4 is 46.2 Å². The lowest BCUT2D eigenvalue weighted by atomic mass is 10.2. The van der Waals surface area contributed by atoms with Crippen LogP contribution in [-0.4, -0.2) is 22.2 Å². The lowest BCUT2D eigenvalue weighted by Crippen LogP contribution is -2.19. The number of aryl methyl sites for hydroxylation is 1. The maximum absolute atomic E-state index is 12.5. The Balaban J connectivity index is 1.59. The van der Waals surface area contributed by atoms with Gasteiger partial charge < -0.3 is 14.6 Å². The third kappa shape index (κ3) is 4.70. The van der Waals surface area contributed by atoms with Gasteiger partial charge in [0.1, 0.15) is 5.75 Å². The van der Waals surface area contributed by atoms with E-state index in [4.69, 9.17) is 16.3 Å². The van der Waals surface area contributed by atoms with Gasteiger partial charge in [-0.05, 0) is 98.8 Å². The molecule has 5 nitrogen and oxygen atoms in total. The van der Waals surface area contributed by atoms with Crippen LogP contribution in [0.15, 0.2) is 64.5 Å². The van der Waals surface area contributed by atoms with Crippen LogP contribution in [0.1, 0.15) is 23.9 Å². The van der Waals surface area contributed by atoms with E-state index in [2.05, 4.69) is 34.8 Å². The first kappa shape index (κ1) is 21.3. The number of rotatable bonds is 5. The van der Waals surface area contributed by atoms with E-state index >= 15 is 0 Å². The van der Waals surface area contributed by atoms with E-state index in [1.807, 2.05) is 49.4 Å². The van der Waals surface area contributed by atoms with Crippen LogP contribution in [0.3, 0.4) is 0 Å². The number of amidine groups is 1. The van der Waals surface area contributed by atoms with Gasteiger partial charge in [-0.25, -0.2) is 4.99 Å². The molecule has 0 bridgehead atoms. The molecule has 1 N–H and O–H groups in total. The van der Waals surface area contributed by atoms with Crippen molar-refractivity contribution in [1.29, 1.82) is 0 Å². The topological polar surface area (TPSA) is 55.6 Å². The van der Waals surface area contributed by atoms with E-state index in [0.717, 1.165) is 34.1 Å². The van der Waals surface area contributed by atoms with E-state index in [1.165, 1.54) is 11.8 Å². The zero-order valence-electron chi connectivity index (χ0n) is 17.5. The van der Waals surface area contributed by atoms with Crippen LogP contribution < -0.4 is 10.1 Å². The van der Waals surface area contributed by atoms with Crippen molar-refractivity contribution in [2.75, 3.05) is 6.61 Å². The average molecular weight is 452 g/mol. The molecule has 1 fully saturated rings. The standard InChI is InChI=1S/C24H22ClN3O2S/c1-4-30-21-11-9-20(10-12-21)28-15(2)13-17(16(28)3)14-22-23(29)27-24(31-22)26-19-7-5-18(25)6-8-19/h5-14H,4H2,1-3H3,(H,26,27,29)/b22-14-. The highest BCUT2D eigenvalue weighted by Gasteiger charge is 2.24. The van der Waals surface area contributed by atoms with E-state index in [0.29, 0.717) is 21.7 Å². The fourth-order valence-corrected chi connectivity index (χ4v) is 4.40. The predicted octanol–water partition coefficient (Wildman–Crippen LogP) is 6.04. The number of hydrogen-bond donors (Lipinski definition) is 1. The number of amides is 1. The number of hydrogen-bond acceptors (Lipinski definition) is 4. The molecule has 2 aromatic carbocycles. The molecule has 0 radical (unpaired) electrons. The molecule has 1 saturated heterocycles. The second-order valence-electron chi connectivity index (χ2n) is 7.05. The molecule has 0 spiro atoms. The minimum Gasteiger partial charge on any atom is -0.494 e. The van der Waals surface area contributed by atoms with Crippen LogP contribution in [0.25, 0.3) is 11.8 Å². The summed E-state index contributed by atoms with van der Waals surface area (Å²) in [5.74, 6) is 0.700. The Hall–Kier alpha value is -2.96. The number of ether oxygens (including phenoxy) is 1. The number of thioether (sulfide) groups is 1. The van der Waals surface area contributed by atoms with Crippen molar-refractivity contribution in [3.05, 3.63) is 81.5 Å². The van der Waals surface area contributed by atoms with E-state index in [9.17, 15) is 4.79 Å². The second-order valence-corrected chi connectivity index (χ2v) is 8.51. The first-order chi connectivity index (χ1) is 14.9. The van der Waals surface area contributed by atoms with Crippen molar-refractivity contribution in [2.45, 2.75) is 20.8 Å². The van der Waals surface area contributed by atoms with Crippen molar-refractivity contribution < 1.29 is 9.53 Å². The van der Waals surface area contributed by atoms with E-state index in [1.54, 1.807) is 12.1 Å². The zero-order valence-corrected chi connectivity index (χ0v) is 19.1. The predicted molar refractivity (Wildman–Crippen MR) is 129 cm³/mol. The molecule has 7 heteroatoms.